The van der Waals surface area contributed by atoms with Crippen LogP contribution in [0.1, 0.15) is 34.1 Å². The number of aliphatic carboxylic acids is 1. The molecule has 0 amide bonds. The molecular weight excluding hydrogens is 280 g/mol. The molecular formula is C18H16O4. The summed E-state index contributed by atoms with van der Waals surface area (Å²) in [4.78, 5) is 37.3. The van der Waals surface area contributed by atoms with Crippen LogP contribution < -0.4 is 0 Å². The van der Waals surface area contributed by atoms with Gasteiger partial charge in [-0.15, -0.1) is 0 Å². The van der Waals surface area contributed by atoms with Gasteiger partial charge in [0.1, 0.15) is 0 Å². The number of Topliss-reactive ketones (excluding diaryl/α,β-unsaturated/α-hetero) is 2. The Hall–Kier alpha value is -2.75. The monoisotopic (exact) mass is 296 g/mol. The molecule has 0 saturated heterocycles. The average molecular weight is 296 g/mol. The predicted octanol–water partition coefficient (Wildman–Crippen LogP) is 3.23. The van der Waals surface area contributed by atoms with Crippen LogP contribution >= 0.6 is 0 Å². The number of carboxylic acids is 1. The van der Waals surface area contributed by atoms with E-state index in [0.29, 0.717) is 0 Å². The lowest BCUT2D eigenvalue weighted by molar-refractivity contribution is -0.143. The number of carbonyl (C=O) groups excluding carboxylic acids is 2. The minimum absolute atomic E-state index is 0.107. The third-order valence-electron chi connectivity index (χ3n) is 3.74. The molecule has 22 heavy (non-hydrogen) atoms. The van der Waals surface area contributed by atoms with E-state index in [1.165, 1.54) is 31.2 Å². The summed E-state index contributed by atoms with van der Waals surface area (Å²) in [6, 6.07) is 16.1. The molecule has 1 N–H and O–H groups in total. The van der Waals surface area contributed by atoms with Crippen molar-refractivity contribution in [1.29, 1.82) is 0 Å². The Labute approximate surface area is 128 Å². The maximum Gasteiger partial charge on any atom is 0.325 e. The van der Waals surface area contributed by atoms with Gasteiger partial charge in [-0.2, -0.15) is 0 Å². The first-order chi connectivity index (χ1) is 10.5. The standard InChI is InChI=1S/C18H16O4/c1-2-18(17(21)22,15(19)13-9-5-3-6-10-13)16(20)14-11-7-4-8-12-14/h3-12H,2H2,1H3,(H,21,22). The van der Waals surface area contributed by atoms with Crippen LogP contribution in [-0.4, -0.2) is 22.6 Å². The summed E-state index contributed by atoms with van der Waals surface area (Å²) in [5, 5.41) is 9.65. The van der Waals surface area contributed by atoms with E-state index in [-0.39, 0.29) is 17.5 Å². The summed E-state index contributed by atoms with van der Waals surface area (Å²) in [6.07, 6.45) is -0.107. The van der Waals surface area contributed by atoms with Crippen LogP contribution in [0.25, 0.3) is 0 Å². The molecule has 2 rings (SSSR count). The van der Waals surface area contributed by atoms with Crippen LogP contribution in [0, 0.1) is 5.41 Å². The molecule has 2 aromatic carbocycles. The maximum absolute atomic E-state index is 12.8. The smallest absolute Gasteiger partial charge is 0.325 e. The van der Waals surface area contributed by atoms with Crippen molar-refractivity contribution in [3.05, 3.63) is 71.8 Å². The summed E-state index contributed by atoms with van der Waals surface area (Å²) in [5.74, 6) is -2.79. The van der Waals surface area contributed by atoms with Crippen molar-refractivity contribution in [1.82, 2.24) is 0 Å². The SMILES string of the molecule is CCC(C(=O)O)(C(=O)c1ccccc1)C(=O)c1ccccc1. The summed E-state index contributed by atoms with van der Waals surface area (Å²) in [5.41, 5.74) is -1.66. The molecule has 4 heteroatoms. The molecule has 112 valence electrons. The molecule has 0 radical (unpaired) electrons. The normalized spacial score (nSPS) is 11.0. The van der Waals surface area contributed by atoms with Crippen molar-refractivity contribution in [3.8, 4) is 0 Å². The molecule has 0 saturated carbocycles. The Morgan fingerprint density at radius 1 is 0.818 bits per heavy atom. The largest absolute Gasteiger partial charge is 0.480 e. The first-order valence-electron chi connectivity index (χ1n) is 6.97. The van der Waals surface area contributed by atoms with Gasteiger partial charge in [0, 0.05) is 11.1 Å². The lowest BCUT2D eigenvalue weighted by Gasteiger charge is -2.25. The molecule has 0 aliphatic carbocycles. The van der Waals surface area contributed by atoms with E-state index in [1.54, 1.807) is 36.4 Å². The Balaban J connectivity index is 2.56. The number of benzene rings is 2. The molecule has 4 nitrogen and oxygen atoms in total. The van der Waals surface area contributed by atoms with E-state index in [2.05, 4.69) is 0 Å². The third kappa shape index (κ3) is 2.55. The summed E-state index contributed by atoms with van der Waals surface area (Å²) in [7, 11) is 0. The minimum atomic E-state index is -2.09. The molecule has 0 unspecified atom stereocenters. The van der Waals surface area contributed by atoms with Crippen LogP contribution in [-0.2, 0) is 4.79 Å². The highest BCUT2D eigenvalue weighted by Gasteiger charge is 2.51. The van der Waals surface area contributed by atoms with Crippen LogP contribution in [0.15, 0.2) is 60.7 Å². The fraction of sp³-hybridized carbons (Fsp3) is 0.167. The van der Waals surface area contributed by atoms with Gasteiger partial charge >= 0.3 is 5.97 Å². The Kier molecular flexibility index (Phi) is 4.51. The lowest BCUT2D eigenvalue weighted by Crippen LogP contribution is -2.46. The van der Waals surface area contributed by atoms with E-state index >= 15 is 0 Å². The van der Waals surface area contributed by atoms with E-state index in [4.69, 9.17) is 0 Å². The Morgan fingerprint density at radius 2 is 1.18 bits per heavy atom. The average Bonchev–Trinajstić information content (AvgIpc) is 2.57. The number of ketones is 2. The third-order valence-corrected chi connectivity index (χ3v) is 3.74. The number of hydrogen-bond donors (Lipinski definition) is 1. The summed E-state index contributed by atoms with van der Waals surface area (Å²) >= 11 is 0. The maximum atomic E-state index is 12.8. The van der Waals surface area contributed by atoms with Crippen molar-refractivity contribution < 1.29 is 19.5 Å². The van der Waals surface area contributed by atoms with Gasteiger partial charge in [0.05, 0.1) is 0 Å². The first kappa shape index (κ1) is 15.6. The summed E-state index contributed by atoms with van der Waals surface area (Å²) < 4.78 is 0. The van der Waals surface area contributed by atoms with Crippen molar-refractivity contribution >= 4 is 17.5 Å². The van der Waals surface area contributed by atoms with E-state index in [1.807, 2.05) is 0 Å². The van der Waals surface area contributed by atoms with Crippen LogP contribution in [0.5, 0.6) is 0 Å². The highest BCUT2D eigenvalue weighted by Crippen LogP contribution is 2.32. The van der Waals surface area contributed by atoms with Gasteiger partial charge in [0.15, 0.2) is 17.0 Å². The zero-order chi connectivity index (χ0) is 16.2. The van der Waals surface area contributed by atoms with Gasteiger partial charge < -0.3 is 5.11 Å². The van der Waals surface area contributed by atoms with Gasteiger partial charge in [-0.05, 0) is 6.42 Å². The highest BCUT2D eigenvalue weighted by atomic mass is 16.4. The number of hydrogen-bond acceptors (Lipinski definition) is 3. The second-order valence-electron chi connectivity index (χ2n) is 4.95. The molecule has 0 aliphatic heterocycles. The Bertz CT molecular complexity index is 638. The fourth-order valence-electron chi connectivity index (χ4n) is 2.44. The lowest BCUT2D eigenvalue weighted by atomic mass is 9.72. The number of carboxylic acid groups (broad SMARTS) is 1. The molecule has 0 spiro atoms. The van der Waals surface area contributed by atoms with Crippen LogP contribution in [0.4, 0.5) is 0 Å². The van der Waals surface area contributed by atoms with Crippen molar-refractivity contribution in [2.75, 3.05) is 0 Å². The minimum Gasteiger partial charge on any atom is -0.480 e. The van der Waals surface area contributed by atoms with E-state index < -0.39 is 23.0 Å². The molecule has 0 aromatic heterocycles. The second kappa shape index (κ2) is 6.35. The predicted molar refractivity (Wildman–Crippen MR) is 81.9 cm³/mol. The van der Waals surface area contributed by atoms with Gasteiger partial charge in [-0.1, -0.05) is 67.6 Å². The van der Waals surface area contributed by atoms with Crippen molar-refractivity contribution in [3.63, 3.8) is 0 Å². The van der Waals surface area contributed by atoms with E-state index in [9.17, 15) is 19.5 Å². The topological polar surface area (TPSA) is 71.4 Å². The van der Waals surface area contributed by atoms with Gasteiger partial charge in [0.25, 0.3) is 0 Å². The molecule has 2 aromatic rings. The number of rotatable bonds is 6. The van der Waals surface area contributed by atoms with Gasteiger partial charge in [-0.3, -0.25) is 14.4 Å². The molecule has 0 fully saturated rings. The molecule has 0 heterocycles. The van der Waals surface area contributed by atoms with Gasteiger partial charge in [0.2, 0.25) is 0 Å². The zero-order valence-electron chi connectivity index (χ0n) is 12.2. The van der Waals surface area contributed by atoms with Crippen molar-refractivity contribution in [2.24, 2.45) is 5.41 Å². The quantitative estimate of drug-likeness (QED) is 0.656. The second-order valence-corrected chi connectivity index (χ2v) is 4.95. The first-order valence-corrected chi connectivity index (χ1v) is 6.97. The molecule has 0 bridgehead atoms. The number of carbonyl (C=O) groups is 3. The highest BCUT2D eigenvalue weighted by molar-refractivity contribution is 6.30. The van der Waals surface area contributed by atoms with Gasteiger partial charge in [-0.25, -0.2) is 0 Å². The summed E-state index contributed by atoms with van der Waals surface area (Å²) in [6.45, 7) is 1.54. The van der Waals surface area contributed by atoms with Crippen LogP contribution in [0.3, 0.4) is 0 Å². The van der Waals surface area contributed by atoms with Crippen molar-refractivity contribution in [2.45, 2.75) is 13.3 Å². The molecule has 0 atom stereocenters. The van der Waals surface area contributed by atoms with Crippen LogP contribution in [0.2, 0.25) is 0 Å². The zero-order valence-corrected chi connectivity index (χ0v) is 12.2. The fourth-order valence-corrected chi connectivity index (χ4v) is 2.44. The Morgan fingerprint density at radius 3 is 1.45 bits per heavy atom. The molecule has 0 aliphatic rings. The van der Waals surface area contributed by atoms with E-state index in [0.717, 1.165) is 0 Å².